The number of imidazole rings is 1. The largest absolute Gasteiger partial charge is 0.342 e. The Morgan fingerprint density at radius 3 is 2.89 bits per heavy atom. The van der Waals surface area contributed by atoms with Crippen molar-refractivity contribution in [2.45, 2.75) is 11.2 Å². The van der Waals surface area contributed by atoms with E-state index in [-0.39, 0.29) is 17.7 Å². The van der Waals surface area contributed by atoms with Gasteiger partial charge in [-0.2, -0.15) is 0 Å². The number of fused-ring (bicyclic) bond motifs is 1. The van der Waals surface area contributed by atoms with Crippen molar-refractivity contribution in [1.82, 2.24) is 20.3 Å². The Balaban J connectivity index is 1.45. The van der Waals surface area contributed by atoms with Crippen molar-refractivity contribution in [3.63, 3.8) is 0 Å². The molecule has 0 aliphatic heterocycles. The Morgan fingerprint density at radius 2 is 2.11 bits per heavy atom. The molecule has 2 heterocycles. The van der Waals surface area contributed by atoms with Crippen molar-refractivity contribution in [2.75, 3.05) is 5.75 Å². The van der Waals surface area contributed by atoms with Gasteiger partial charge in [0.05, 0.1) is 16.8 Å². The van der Waals surface area contributed by atoms with E-state index in [9.17, 15) is 4.79 Å². The smallest absolute Gasteiger partial charge is 0.231 e. The standard InChI is InChI=1S/C19H15ClN4OS2/c20-13-6-7-14-15(10-13)23-19(22-14)27-11-16(25)24-17(18-21-8-9-26-18)12-4-2-1-3-5-12/h1-10,17H,11H2,(H,22,23)(H,24,25). The number of hydrogen-bond acceptors (Lipinski definition) is 5. The zero-order valence-electron chi connectivity index (χ0n) is 14.1. The molecule has 4 aromatic rings. The van der Waals surface area contributed by atoms with Crippen molar-refractivity contribution in [2.24, 2.45) is 0 Å². The third-order valence-electron chi connectivity index (χ3n) is 3.90. The molecule has 2 aromatic carbocycles. The lowest BCUT2D eigenvalue weighted by molar-refractivity contribution is -0.119. The molecule has 1 unspecified atom stereocenters. The lowest BCUT2D eigenvalue weighted by Gasteiger charge is -2.16. The van der Waals surface area contributed by atoms with Gasteiger partial charge < -0.3 is 10.3 Å². The Hall–Kier alpha value is -2.35. The molecular formula is C19H15ClN4OS2. The van der Waals surface area contributed by atoms with Crippen LogP contribution < -0.4 is 5.32 Å². The molecule has 8 heteroatoms. The average Bonchev–Trinajstić information content (AvgIpc) is 3.34. The zero-order chi connectivity index (χ0) is 18.6. The Bertz CT molecular complexity index is 1050. The van der Waals surface area contributed by atoms with Gasteiger partial charge in [0, 0.05) is 16.6 Å². The van der Waals surface area contributed by atoms with Crippen molar-refractivity contribution in [1.29, 1.82) is 0 Å². The summed E-state index contributed by atoms with van der Waals surface area (Å²) in [7, 11) is 0. The number of benzene rings is 2. The van der Waals surface area contributed by atoms with Crippen LogP contribution in [0.4, 0.5) is 0 Å². The van der Waals surface area contributed by atoms with Crippen LogP contribution in [-0.2, 0) is 4.79 Å². The molecule has 0 saturated heterocycles. The van der Waals surface area contributed by atoms with Gasteiger partial charge in [-0.15, -0.1) is 11.3 Å². The van der Waals surface area contributed by atoms with Gasteiger partial charge >= 0.3 is 0 Å². The lowest BCUT2D eigenvalue weighted by atomic mass is 10.1. The van der Waals surface area contributed by atoms with E-state index in [0.29, 0.717) is 10.2 Å². The summed E-state index contributed by atoms with van der Waals surface area (Å²) < 4.78 is 0. The van der Waals surface area contributed by atoms with Crippen LogP contribution in [-0.4, -0.2) is 26.6 Å². The number of amides is 1. The molecule has 0 radical (unpaired) electrons. The molecule has 0 spiro atoms. The van der Waals surface area contributed by atoms with Crippen LogP contribution in [0.3, 0.4) is 0 Å². The summed E-state index contributed by atoms with van der Waals surface area (Å²) in [6.07, 6.45) is 1.75. The highest BCUT2D eigenvalue weighted by molar-refractivity contribution is 7.99. The molecule has 0 fully saturated rings. The lowest BCUT2D eigenvalue weighted by Crippen LogP contribution is -2.30. The van der Waals surface area contributed by atoms with Crippen molar-refractivity contribution < 1.29 is 4.79 Å². The Morgan fingerprint density at radius 1 is 1.26 bits per heavy atom. The van der Waals surface area contributed by atoms with Gasteiger partial charge in [0.25, 0.3) is 0 Å². The van der Waals surface area contributed by atoms with Crippen LogP contribution in [0.2, 0.25) is 5.02 Å². The third kappa shape index (κ3) is 4.32. The minimum absolute atomic E-state index is 0.0810. The van der Waals surface area contributed by atoms with Crippen molar-refractivity contribution >= 4 is 51.6 Å². The van der Waals surface area contributed by atoms with Crippen LogP contribution in [0.5, 0.6) is 0 Å². The number of rotatable bonds is 6. The minimum Gasteiger partial charge on any atom is -0.342 e. The quantitative estimate of drug-likeness (QED) is 0.450. The van der Waals surface area contributed by atoms with Crippen LogP contribution in [0.1, 0.15) is 16.6 Å². The number of thioether (sulfide) groups is 1. The molecule has 136 valence electrons. The number of aromatic amines is 1. The van der Waals surface area contributed by atoms with Gasteiger partial charge in [-0.25, -0.2) is 9.97 Å². The first-order valence-corrected chi connectivity index (χ1v) is 10.4. The summed E-state index contributed by atoms with van der Waals surface area (Å²) in [6, 6.07) is 15.1. The van der Waals surface area contributed by atoms with Crippen LogP contribution in [0, 0.1) is 0 Å². The second-order valence-electron chi connectivity index (χ2n) is 5.77. The van der Waals surface area contributed by atoms with E-state index in [1.54, 1.807) is 12.3 Å². The maximum Gasteiger partial charge on any atom is 0.231 e. The molecule has 2 aromatic heterocycles. The number of carbonyl (C=O) groups is 1. The normalized spacial score (nSPS) is 12.2. The van der Waals surface area contributed by atoms with E-state index >= 15 is 0 Å². The molecular weight excluding hydrogens is 400 g/mol. The molecule has 5 nitrogen and oxygen atoms in total. The van der Waals surface area contributed by atoms with Gasteiger partial charge in [-0.05, 0) is 23.8 Å². The maximum atomic E-state index is 12.5. The molecule has 1 atom stereocenters. The molecule has 0 bridgehead atoms. The Labute approximate surface area is 169 Å². The van der Waals surface area contributed by atoms with Crippen molar-refractivity contribution in [3.05, 3.63) is 75.7 Å². The third-order valence-corrected chi connectivity index (χ3v) is 5.85. The van der Waals surface area contributed by atoms with E-state index in [0.717, 1.165) is 21.6 Å². The monoisotopic (exact) mass is 414 g/mol. The van der Waals surface area contributed by atoms with Gasteiger partial charge in [-0.1, -0.05) is 53.7 Å². The molecule has 0 aliphatic carbocycles. The van der Waals surface area contributed by atoms with E-state index in [1.807, 2.05) is 47.8 Å². The predicted octanol–water partition coefficient (Wildman–Crippen LogP) is 4.67. The highest BCUT2D eigenvalue weighted by Gasteiger charge is 2.19. The van der Waals surface area contributed by atoms with Gasteiger partial charge in [0.2, 0.25) is 5.91 Å². The Kier molecular flexibility index (Phi) is 5.42. The maximum absolute atomic E-state index is 12.5. The highest BCUT2D eigenvalue weighted by atomic mass is 35.5. The van der Waals surface area contributed by atoms with E-state index in [2.05, 4.69) is 20.3 Å². The van der Waals surface area contributed by atoms with E-state index in [4.69, 9.17) is 11.6 Å². The van der Waals surface area contributed by atoms with Crippen LogP contribution in [0.25, 0.3) is 11.0 Å². The average molecular weight is 415 g/mol. The second-order valence-corrected chi connectivity index (χ2v) is 8.10. The number of halogens is 1. The topological polar surface area (TPSA) is 70.7 Å². The molecule has 0 aliphatic rings. The first kappa shape index (κ1) is 18.0. The summed E-state index contributed by atoms with van der Waals surface area (Å²) in [5, 5.41) is 7.18. The van der Waals surface area contributed by atoms with Gasteiger partial charge in [0.1, 0.15) is 11.0 Å². The SMILES string of the molecule is O=C(CSc1nc2ccc(Cl)cc2[nH]1)NC(c1ccccc1)c1nccs1. The fraction of sp³-hybridized carbons (Fsp3) is 0.105. The zero-order valence-corrected chi connectivity index (χ0v) is 16.4. The number of hydrogen-bond donors (Lipinski definition) is 2. The van der Waals surface area contributed by atoms with Crippen LogP contribution in [0.15, 0.2) is 65.3 Å². The minimum atomic E-state index is -0.256. The molecule has 4 rings (SSSR count). The van der Waals surface area contributed by atoms with Gasteiger partial charge in [0.15, 0.2) is 5.16 Å². The molecule has 0 saturated carbocycles. The number of H-pyrrole nitrogens is 1. The second kappa shape index (κ2) is 8.12. The number of aromatic nitrogens is 3. The first-order valence-electron chi connectivity index (χ1n) is 8.21. The predicted molar refractivity (Wildman–Crippen MR) is 110 cm³/mol. The van der Waals surface area contributed by atoms with Crippen LogP contribution >= 0.6 is 34.7 Å². The first-order chi connectivity index (χ1) is 13.2. The summed E-state index contributed by atoms with van der Waals surface area (Å²) >= 11 is 8.87. The fourth-order valence-corrected chi connectivity index (χ4v) is 4.26. The number of carbonyl (C=O) groups excluding carboxylic acids is 1. The molecule has 2 N–H and O–H groups in total. The number of nitrogens with one attached hydrogen (secondary N) is 2. The highest BCUT2D eigenvalue weighted by Crippen LogP contribution is 2.25. The summed E-state index contributed by atoms with van der Waals surface area (Å²) in [5.41, 5.74) is 2.69. The van der Waals surface area contributed by atoms with Gasteiger partial charge in [-0.3, -0.25) is 4.79 Å². The van der Waals surface area contributed by atoms with Crippen molar-refractivity contribution in [3.8, 4) is 0 Å². The van der Waals surface area contributed by atoms with E-state index in [1.165, 1.54) is 23.1 Å². The summed E-state index contributed by atoms with van der Waals surface area (Å²) in [5.74, 6) is 0.171. The number of nitrogens with zero attached hydrogens (tertiary/aromatic N) is 2. The van der Waals surface area contributed by atoms with E-state index < -0.39 is 0 Å². The molecule has 27 heavy (non-hydrogen) atoms. The summed E-state index contributed by atoms with van der Waals surface area (Å²) in [6.45, 7) is 0. The summed E-state index contributed by atoms with van der Waals surface area (Å²) in [4.78, 5) is 24.6. The number of thiazole rings is 1. The molecule has 1 amide bonds. The fourth-order valence-electron chi connectivity index (χ4n) is 2.67.